The summed E-state index contributed by atoms with van der Waals surface area (Å²) < 4.78 is 0. The maximum Gasteiger partial charge on any atom is 0.118 e. The third-order valence-electron chi connectivity index (χ3n) is 2.53. The summed E-state index contributed by atoms with van der Waals surface area (Å²) >= 11 is 0. The van der Waals surface area contributed by atoms with Crippen LogP contribution >= 0.6 is 0 Å². The Labute approximate surface area is 75.2 Å². The molecule has 0 bridgehead atoms. The Morgan fingerprint density at radius 1 is 1.23 bits per heavy atom. The first-order chi connectivity index (χ1) is 5.92. The minimum atomic E-state index is -1.82. The summed E-state index contributed by atoms with van der Waals surface area (Å²) in [5.74, 6) is 0. The molecular weight excluding hydrogens is 178 g/mol. The molecule has 1 aliphatic rings. The molecule has 1 saturated carbocycles. The molecule has 6 nitrogen and oxygen atoms in total. The van der Waals surface area contributed by atoms with E-state index in [1.165, 1.54) is 0 Å². The normalized spacial score (nSPS) is 52.2. The fourth-order valence-electron chi connectivity index (χ4n) is 1.57. The number of hydrogen-bond donors (Lipinski definition) is 6. The van der Waals surface area contributed by atoms with Crippen molar-refractivity contribution in [1.82, 2.24) is 0 Å². The Morgan fingerprint density at radius 2 is 1.77 bits per heavy atom. The largest absolute Gasteiger partial charge is 0.393 e. The standard InChI is InChI=1S/C7H15NO5/c8-3-1-7(13,2-9)6(12)5(11)4(3)10/h3-6,9-13H,1-2,8H2. The highest BCUT2D eigenvalue weighted by Crippen LogP contribution is 2.28. The van der Waals surface area contributed by atoms with Crippen molar-refractivity contribution in [2.24, 2.45) is 5.73 Å². The average Bonchev–Trinajstić information content (AvgIpc) is 2.12. The minimum absolute atomic E-state index is 0.150. The van der Waals surface area contributed by atoms with Crippen molar-refractivity contribution in [3.63, 3.8) is 0 Å². The zero-order valence-corrected chi connectivity index (χ0v) is 7.04. The summed E-state index contributed by atoms with van der Waals surface area (Å²) in [5, 5.41) is 46.1. The summed E-state index contributed by atoms with van der Waals surface area (Å²) in [6.45, 7) is -0.703. The molecule has 0 aromatic rings. The van der Waals surface area contributed by atoms with Gasteiger partial charge in [-0.1, -0.05) is 0 Å². The van der Waals surface area contributed by atoms with Crippen molar-refractivity contribution in [3.05, 3.63) is 0 Å². The highest BCUT2D eigenvalue weighted by Gasteiger charge is 2.49. The maximum atomic E-state index is 9.56. The Hall–Kier alpha value is -0.240. The van der Waals surface area contributed by atoms with Gasteiger partial charge in [-0.3, -0.25) is 0 Å². The van der Waals surface area contributed by atoms with Crippen LogP contribution in [0, 0.1) is 0 Å². The lowest BCUT2D eigenvalue weighted by atomic mass is 9.77. The van der Waals surface area contributed by atoms with Crippen LogP contribution in [0.15, 0.2) is 0 Å². The van der Waals surface area contributed by atoms with Gasteiger partial charge >= 0.3 is 0 Å². The lowest BCUT2D eigenvalue weighted by molar-refractivity contribution is -0.203. The van der Waals surface area contributed by atoms with Crippen LogP contribution in [0.4, 0.5) is 0 Å². The van der Waals surface area contributed by atoms with E-state index in [1.807, 2.05) is 0 Å². The van der Waals surface area contributed by atoms with Gasteiger partial charge in [0, 0.05) is 6.04 Å². The molecule has 13 heavy (non-hydrogen) atoms. The zero-order chi connectivity index (χ0) is 10.2. The van der Waals surface area contributed by atoms with Gasteiger partial charge in [-0.15, -0.1) is 0 Å². The van der Waals surface area contributed by atoms with Gasteiger partial charge in [-0.2, -0.15) is 0 Å². The highest BCUT2D eigenvalue weighted by atomic mass is 16.4. The maximum absolute atomic E-state index is 9.56. The van der Waals surface area contributed by atoms with E-state index < -0.39 is 36.6 Å². The molecule has 0 saturated heterocycles. The molecule has 0 aromatic carbocycles. The summed E-state index contributed by atoms with van der Waals surface area (Å²) in [6, 6.07) is -0.851. The van der Waals surface area contributed by atoms with Crippen molar-refractivity contribution in [3.8, 4) is 0 Å². The van der Waals surface area contributed by atoms with E-state index in [1.54, 1.807) is 0 Å². The molecule has 0 aromatic heterocycles. The quantitative estimate of drug-likeness (QED) is 0.257. The first-order valence-corrected chi connectivity index (χ1v) is 4.05. The van der Waals surface area contributed by atoms with E-state index in [9.17, 15) is 20.4 Å². The third-order valence-corrected chi connectivity index (χ3v) is 2.53. The van der Waals surface area contributed by atoms with Crippen molar-refractivity contribution in [2.45, 2.75) is 36.4 Å². The third kappa shape index (κ3) is 1.69. The number of aliphatic hydroxyl groups is 5. The fourth-order valence-corrected chi connectivity index (χ4v) is 1.57. The zero-order valence-electron chi connectivity index (χ0n) is 7.04. The number of rotatable bonds is 1. The molecule has 7 N–H and O–H groups in total. The Morgan fingerprint density at radius 3 is 2.23 bits per heavy atom. The number of aliphatic hydroxyl groups excluding tert-OH is 4. The van der Waals surface area contributed by atoms with Crippen LogP contribution in [0.5, 0.6) is 0 Å². The fraction of sp³-hybridized carbons (Fsp3) is 1.00. The molecule has 1 aliphatic carbocycles. The van der Waals surface area contributed by atoms with E-state index in [0.717, 1.165) is 0 Å². The molecule has 5 unspecified atom stereocenters. The van der Waals surface area contributed by atoms with Gasteiger partial charge in [0.05, 0.1) is 12.7 Å². The SMILES string of the molecule is NC1CC(O)(CO)C(O)C(O)C1O. The van der Waals surface area contributed by atoms with Crippen LogP contribution in [0.25, 0.3) is 0 Å². The van der Waals surface area contributed by atoms with E-state index in [2.05, 4.69) is 0 Å². The predicted molar refractivity (Wildman–Crippen MR) is 42.6 cm³/mol. The summed E-state index contributed by atoms with van der Waals surface area (Å²) in [5.41, 5.74) is 3.57. The van der Waals surface area contributed by atoms with Crippen LogP contribution < -0.4 is 5.73 Å². The van der Waals surface area contributed by atoms with Gasteiger partial charge < -0.3 is 31.3 Å². The van der Waals surface area contributed by atoms with Crippen LogP contribution in [-0.4, -0.2) is 62.1 Å². The van der Waals surface area contributed by atoms with Gasteiger partial charge in [0.1, 0.15) is 17.8 Å². The van der Waals surface area contributed by atoms with Crippen LogP contribution in [0.3, 0.4) is 0 Å². The smallest absolute Gasteiger partial charge is 0.118 e. The van der Waals surface area contributed by atoms with E-state index in [4.69, 9.17) is 10.8 Å². The summed E-state index contributed by atoms with van der Waals surface area (Å²) in [6.07, 6.45) is -4.53. The van der Waals surface area contributed by atoms with Gasteiger partial charge in [0.2, 0.25) is 0 Å². The topological polar surface area (TPSA) is 127 Å². The molecular formula is C7H15NO5. The molecule has 0 heterocycles. The first-order valence-electron chi connectivity index (χ1n) is 4.05. The predicted octanol–water partition coefficient (Wildman–Crippen LogP) is -3.48. The Bertz CT molecular complexity index is 190. The molecule has 78 valence electrons. The highest BCUT2D eigenvalue weighted by molar-refractivity contribution is 5.03. The van der Waals surface area contributed by atoms with Crippen LogP contribution in [0.2, 0.25) is 0 Å². The number of hydrogen-bond acceptors (Lipinski definition) is 6. The van der Waals surface area contributed by atoms with Crippen molar-refractivity contribution in [2.75, 3.05) is 6.61 Å². The number of nitrogens with two attached hydrogens (primary N) is 1. The molecule has 0 spiro atoms. The monoisotopic (exact) mass is 193 g/mol. The van der Waals surface area contributed by atoms with Gasteiger partial charge in [-0.05, 0) is 6.42 Å². The molecule has 0 radical (unpaired) electrons. The van der Waals surface area contributed by atoms with Gasteiger partial charge in [-0.25, -0.2) is 0 Å². The summed E-state index contributed by atoms with van der Waals surface area (Å²) in [7, 11) is 0. The Kier molecular flexibility index (Phi) is 2.91. The molecule has 5 atom stereocenters. The van der Waals surface area contributed by atoms with Crippen LogP contribution in [0.1, 0.15) is 6.42 Å². The minimum Gasteiger partial charge on any atom is -0.393 e. The lowest BCUT2D eigenvalue weighted by Gasteiger charge is -2.43. The summed E-state index contributed by atoms with van der Waals surface area (Å²) in [4.78, 5) is 0. The van der Waals surface area contributed by atoms with Crippen molar-refractivity contribution in [1.29, 1.82) is 0 Å². The lowest BCUT2D eigenvalue weighted by Crippen LogP contribution is -2.66. The second-order valence-electron chi connectivity index (χ2n) is 3.56. The van der Waals surface area contributed by atoms with E-state index in [-0.39, 0.29) is 6.42 Å². The average molecular weight is 193 g/mol. The van der Waals surface area contributed by atoms with E-state index in [0.29, 0.717) is 0 Å². The van der Waals surface area contributed by atoms with Gasteiger partial charge in [0.25, 0.3) is 0 Å². The second-order valence-corrected chi connectivity index (χ2v) is 3.56. The Balaban J connectivity index is 2.82. The van der Waals surface area contributed by atoms with Gasteiger partial charge in [0.15, 0.2) is 0 Å². The second kappa shape index (κ2) is 3.49. The first kappa shape index (κ1) is 10.8. The molecule has 0 amide bonds. The molecule has 1 rings (SSSR count). The molecule has 0 aliphatic heterocycles. The van der Waals surface area contributed by atoms with E-state index >= 15 is 0 Å². The molecule has 1 fully saturated rings. The molecule has 6 heteroatoms. The van der Waals surface area contributed by atoms with Crippen molar-refractivity contribution >= 4 is 0 Å². The van der Waals surface area contributed by atoms with Crippen molar-refractivity contribution < 1.29 is 25.5 Å². The van der Waals surface area contributed by atoms with Crippen LogP contribution in [-0.2, 0) is 0 Å².